The van der Waals surface area contributed by atoms with Gasteiger partial charge in [0.2, 0.25) is 5.91 Å². The maximum atomic E-state index is 13.1. The molecule has 2 rings (SSSR count). The molecule has 1 fully saturated rings. The van der Waals surface area contributed by atoms with Crippen LogP contribution in [0.3, 0.4) is 0 Å². The van der Waals surface area contributed by atoms with Crippen molar-refractivity contribution in [2.75, 3.05) is 19.6 Å². The van der Waals surface area contributed by atoms with E-state index in [1.54, 1.807) is 28.9 Å². The third kappa shape index (κ3) is 6.93. The van der Waals surface area contributed by atoms with Crippen LogP contribution in [-0.2, 0) is 11.3 Å². The summed E-state index contributed by atoms with van der Waals surface area (Å²) in [5.41, 5.74) is 6.97. The second kappa shape index (κ2) is 12.9. The number of nitrogens with zero attached hydrogens (tertiary/aromatic N) is 4. The van der Waals surface area contributed by atoms with Crippen LogP contribution in [0.5, 0.6) is 0 Å². The standard InChI is InChI=1S/C21H30FN5O2.C2H6/c1-4-10-26(15(3)11-23)20(28)19(24)14-25-13-18(5-2)27(21(25)29)12-16-6-8-17(22)9-7-16;1-2/h6-9,15,18-19H,4-5,10,12-14,24H2,1-3H3;1-2H3. The monoisotopic (exact) mass is 433 g/mol. The van der Waals surface area contributed by atoms with Gasteiger partial charge in [-0.05, 0) is 37.5 Å². The van der Waals surface area contributed by atoms with Crippen molar-refractivity contribution in [2.45, 2.75) is 72.1 Å². The molecule has 1 aliphatic rings. The summed E-state index contributed by atoms with van der Waals surface area (Å²) < 4.78 is 13.1. The summed E-state index contributed by atoms with van der Waals surface area (Å²) in [7, 11) is 0. The third-order valence-corrected chi connectivity index (χ3v) is 5.26. The highest BCUT2D eigenvalue weighted by Gasteiger charge is 2.38. The van der Waals surface area contributed by atoms with Crippen LogP contribution in [-0.4, -0.2) is 64.4 Å². The Morgan fingerprint density at radius 2 is 1.94 bits per heavy atom. The average Bonchev–Trinajstić information content (AvgIpc) is 3.08. The summed E-state index contributed by atoms with van der Waals surface area (Å²) in [6.07, 6.45) is 1.48. The lowest BCUT2D eigenvalue weighted by Crippen LogP contribution is -2.52. The highest BCUT2D eigenvalue weighted by Crippen LogP contribution is 2.22. The van der Waals surface area contributed by atoms with Crippen LogP contribution >= 0.6 is 0 Å². The summed E-state index contributed by atoms with van der Waals surface area (Å²) in [4.78, 5) is 30.5. The Labute approximate surface area is 185 Å². The van der Waals surface area contributed by atoms with Gasteiger partial charge in [0.1, 0.15) is 17.9 Å². The molecule has 0 saturated carbocycles. The topological polar surface area (TPSA) is 93.7 Å². The van der Waals surface area contributed by atoms with E-state index in [-0.39, 0.29) is 30.3 Å². The van der Waals surface area contributed by atoms with E-state index in [1.165, 1.54) is 17.0 Å². The molecule has 7 nitrogen and oxygen atoms in total. The van der Waals surface area contributed by atoms with E-state index in [4.69, 9.17) is 11.0 Å². The summed E-state index contributed by atoms with van der Waals surface area (Å²) >= 11 is 0. The molecule has 31 heavy (non-hydrogen) atoms. The zero-order valence-electron chi connectivity index (χ0n) is 19.3. The zero-order valence-corrected chi connectivity index (χ0v) is 19.3. The van der Waals surface area contributed by atoms with Crippen LogP contribution < -0.4 is 5.73 Å². The first-order valence-corrected chi connectivity index (χ1v) is 11.1. The Kier molecular flexibility index (Phi) is 11.0. The molecule has 172 valence electrons. The lowest BCUT2D eigenvalue weighted by Gasteiger charge is -2.29. The predicted octanol–water partition coefficient (Wildman–Crippen LogP) is 3.35. The van der Waals surface area contributed by atoms with Crippen LogP contribution in [0, 0.1) is 17.1 Å². The molecule has 2 N–H and O–H groups in total. The largest absolute Gasteiger partial charge is 0.326 e. The van der Waals surface area contributed by atoms with E-state index in [0.29, 0.717) is 19.6 Å². The van der Waals surface area contributed by atoms with E-state index in [1.807, 2.05) is 27.7 Å². The van der Waals surface area contributed by atoms with Gasteiger partial charge >= 0.3 is 6.03 Å². The number of benzene rings is 1. The number of carbonyl (C=O) groups is 2. The summed E-state index contributed by atoms with van der Waals surface area (Å²) in [5.74, 6) is -0.637. The minimum absolute atomic E-state index is 0.000341. The normalized spacial score (nSPS) is 17.5. The molecule has 8 heteroatoms. The Bertz CT molecular complexity index is 749. The molecule has 0 radical (unpaired) electrons. The molecule has 3 unspecified atom stereocenters. The zero-order chi connectivity index (χ0) is 23.6. The van der Waals surface area contributed by atoms with Crippen molar-refractivity contribution in [3.63, 3.8) is 0 Å². The Morgan fingerprint density at radius 3 is 2.45 bits per heavy atom. The van der Waals surface area contributed by atoms with Crippen molar-refractivity contribution in [1.82, 2.24) is 14.7 Å². The second-order valence-corrected chi connectivity index (χ2v) is 7.45. The molecule has 1 aliphatic heterocycles. The van der Waals surface area contributed by atoms with Crippen LogP contribution in [0.2, 0.25) is 0 Å². The van der Waals surface area contributed by atoms with Crippen LogP contribution in [0.15, 0.2) is 24.3 Å². The first kappa shape index (κ1) is 26.4. The molecule has 0 bridgehead atoms. The predicted molar refractivity (Wildman–Crippen MR) is 119 cm³/mol. The molecule has 3 atom stereocenters. The van der Waals surface area contributed by atoms with Gasteiger partial charge in [0, 0.05) is 26.2 Å². The van der Waals surface area contributed by atoms with E-state index in [9.17, 15) is 14.0 Å². The van der Waals surface area contributed by atoms with Crippen molar-refractivity contribution in [2.24, 2.45) is 5.73 Å². The maximum Gasteiger partial charge on any atom is 0.320 e. The Balaban J connectivity index is 0.00000233. The van der Waals surface area contributed by atoms with E-state index in [0.717, 1.165) is 18.4 Å². The minimum Gasteiger partial charge on any atom is -0.326 e. The molecule has 0 aliphatic carbocycles. The van der Waals surface area contributed by atoms with Gasteiger partial charge in [0.15, 0.2) is 0 Å². The summed E-state index contributed by atoms with van der Waals surface area (Å²) in [5, 5.41) is 9.17. The number of rotatable bonds is 9. The van der Waals surface area contributed by atoms with Gasteiger partial charge in [-0.25, -0.2) is 9.18 Å². The van der Waals surface area contributed by atoms with E-state index < -0.39 is 12.1 Å². The SMILES string of the molecule is CC.CCCN(C(=O)C(N)CN1CC(CC)N(Cc2ccc(F)cc2)C1=O)C(C)C#N. The van der Waals surface area contributed by atoms with Gasteiger partial charge in [-0.3, -0.25) is 4.79 Å². The molecule has 1 aromatic rings. The highest BCUT2D eigenvalue weighted by atomic mass is 19.1. The number of halogens is 1. The molecular weight excluding hydrogens is 397 g/mol. The number of carbonyl (C=O) groups excluding carboxylic acids is 2. The van der Waals surface area contributed by atoms with Gasteiger partial charge in [-0.2, -0.15) is 5.26 Å². The molecule has 1 heterocycles. The molecule has 1 saturated heterocycles. The van der Waals surface area contributed by atoms with Gasteiger partial charge in [0.25, 0.3) is 0 Å². The average molecular weight is 434 g/mol. The number of amides is 3. The molecule has 3 amide bonds. The maximum absolute atomic E-state index is 13.1. The molecular formula is C23H36FN5O2. The highest BCUT2D eigenvalue weighted by molar-refractivity contribution is 5.84. The lowest BCUT2D eigenvalue weighted by atomic mass is 10.1. The van der Waals surface area contributed by atoms with Gasteiger partial charge in [0.05, 0.1) is 12.1 Å². The molecule has 1 aromatic carbocycles. The van der Waals surface area contributed by atoms with Crippen molar-refractivity contribution in [3.8, 4) is 6.07 Å². The minimum atomic E-state index is -0.885. The fourth-order valence-electron chi connectivity index (χ4n) is 3.59. The Hall–Kier alpha value is -2.66. The molecule has 0 spiro atoms. The number of hydrogen-bond acceptors (Lipinski definition) is 4. The quantitative estimate of drug-likeness (QED) is 0.646. The number of urea groups is 1. The molecule has 0 aromatic heterocycles. The summed E-state index contributed by atoms with van der Waals surface area (Å²) in [6.45, 7) is 11.0. The van der Waals surface area contributed by atoms with Crippen LogP contribution in [0.25, 0.3) is 0 Å². The number of hydrogen-bond donors (Lipinski definition) is 1. The van der Waals surface area contributed by atoms with E-state index in [2.05, 4.69) is 6.07 Å². The first-order chi connectivity index (χ1) is 14.8. The fourth-order valence-corrected chi connectivity index (χ4v) is 3.59. The summed E-state index contributed by atoms with van der Waals surface area (Å²) in [6, 6.07) is 6.53. The third-order valence-electron chi connectivity index (χ3n) is 5.26. The van der Waals surface area contributed by atoms with Gasteiger partial charge < -0.3 is 20.4 Å². The second-order valence-electron chi connectivity index (χ2n) is 7.45. The van der Waals surface area contributed by atoms with Crippen molar-refractivity contribution in [3.05, 3.63) is 35.6 Å². The number of nitriles is 1. The number of nitrogens with two attached hydrogens (primary N) is 1. The first-order valence-electron chi connectivity index (χ1n) is 11.1. The fraction of sp³-hybridized carbons (Fsp3) is 0.609. The lowest BCUT2D eigenvalue weighted by molar-refractivity contribution is -0.133. The Morgan fingerprint density at radius 1 is 1.32 bits per heavy atom. The van der Waals surface area contributed by atoms with Gasteiger partial charge in [-0.15, -0.1) is 0 Å². The van der Waals surface area contributed by atoms with Crippen molar-refractivity contribution >= 4 is 11.9 Å². The van der Waals surface area contributed by atoms with Crippen LogP contribution in [0.4, 0.5) is 9.18 Å². The van der Waals surface area contributed by atoms with Crippen LogP contribution in [0.1, 0.15) is 53.0 Å². The van der Waals surface area contributed by atoms with Crippen molar-refractivity contribution < 1.29 is 14.0 Å². The van der Waals surface area contributed by atoms with Gasteiger partial charge in [-0.1, -0.05) is 39.8 Å². The van der Waals surface area contributed by atoms with Crippen molar-refractivity contribution in [1.29, 1.82) is 5.26 Å². The smallest absolute Gasteiger partial charge is 0.320 e. The van der Waals surface area contributed by atoms with E-state index >= 15 is 0 Å².